The van der Waals surface area contributed by atoms with Crippen LogP contribution in [0.3, 0.4) is 0 Å². The first kappa shape index (κ1) is 8.35. The van der Waals surface area contributed by atoms with Gasteiger partial charge in [0.15, 0.2) is 11.6 Å². The first-order valence-corrected chi connectivity index (χ1v) is 4.65. The standard InChI is InChI=1S/C10H14N2O/c1-7-5-6-9(10(11)12-7)13-8-3-2-4-8/h5-6,8H,2-4H2,1H3,(H2,11,12). The maximum Gasteiger partial charge on any atom is 0.166 e. The highest BCUT2D eigenvalue weighted by Gasteiger charge is 2.20. The Morgan fingerprint density at radius 3 is 2.77 bits per heavy atom. The predicted molar refractivity (Wildman–Crippen MR) is 51.7 cm³/mol. The van der Waals surface area contributed by atoms with Gasteiger partial charge in [0.1, 0.15) is 0 Å². The fraction of sp³-hybridized carbons (Fsp3) is 0.500. The highest BCUT2D eigenvalue weighted by molar-refractivity contribution is 5.46. The van der Waals surface area contributed by atoms with E-state index in [-0.39, 0.29) is 0 Å². The molecule has 1 fully saturated rings. The number of pyridine rings is 1. The molecule has 2 rings (SSSR count). The summed E-state index contributed by atoms with van der Waals surface area (Å²) in [7, 11) is 0. The van der Waals surface area contributed by atoms with Gasteiger partial charge >= 0.3 is 0 Å². The molecular weight excluding hydrogens is 164 g/mol. The summed E-state index contributed by atoms with van der Waals surface area (Å²) in [6.07, 6.45) is 3.93. The minimum Gasteiger partial charge on any atom is -0.487 e. The Hall–Kier alpha value is -1.25. The van der Waals surface area contributed by atoms with Gasteiger partial charge in [-0.3, -0.25) is 0 Å². The number of ether oxygens (including phenoxy) is 1. The predicted octanol–water partition coefficient (Wildman–Crippen LogP) is 1.90. The molecule has 0 atom stereocenters. The van der Waals surface area contributed by atoms with E-state index in [0.29, 0.717) is 11.9 Å². The molecule has 1 saturated carbocycles. The van der Waals surface area contributed by atoms with Gasteiger partial charge in [0, 0.05) is 5.69 Å². The summed E-state index contributed by atoms with van der Waals surface area (Å²) in [4.78, 5) is 4.14. The number of nitrogen functional groups attached to an aromatic ring is 1. The van der Waals surface area contributed by atoms with Crippen molar-refractivity contribution in [2.75, 3.05) is 5.73 Å². The molecule has 3 heteroatoms. The number of rotatable bonds is 2. The van der Waals surface area contributed by atoms with Crippen LogP contribution in [0.2, 0.25) is 0 Å². The Labute approximate surface area is 77.9 Å². The van der Waals surface area contributed by atoms with E-state index in [1.807, 2.05) is 19.1 Å². The maximum atomic E-state index is 5.71. The van der Waals surface area contributed by atoms with E-state index in [0.717, 1.165) is 24.3 Å². The molecule has 0 aliphatic heterocycles. The second-order valence-corrected chi connectivity index (χ2v) is 3.51. The molecule has 1 aromatic rings. The fourth-order valence-corrected chi connectivity index (χ4v) is 1.33. The zero-order valence-corrected chi connectivity index (χ0v) is 7.79. The van der Waals surface area contributed by atoms with Crippen LogP contribution in [0, 0.1) is 6.92 Å². The first-order chi connectivity index (χ1) is 6.25. The third kappa shape index (κ3) is 1.74. The van der Waals surface area contributed by atoms with Crippen molar-refractivity contribution in [3.8, 4) is 5.75 Å². The van der Waals surface area contributed by atoms with Crippen LogP contribution in [0.25, 0.3) is 0 Å². The lowest BCUT2D eigenvalue weighted by Crippen LogP contribution is -2.25. The molecule has 0 aromatic carbocycles. The van der Waals surface area contributed by atoms with Crippen LogP contribution in [0.15, 0.2) is 12.1 Å². The Morgan fingerprint density at radius 1 is 1.46 bits per heavy atom. The van der Waals surface area contributed by atoms with Crippen molar-refractivity contribution in [1.82, 2.24) is 4.98 Å². The number of aryl methyl sites for hydroxylation is 1. The normalized spacial score (nSPS) is 16.7. The molecule has 1 aromatic heterocycles. The van der Waals surface area contributed by atoms with E-state index in [4.69, 9.17) is 10.5 Å². The fourth-order valence-electron chi connectivity index (χ4n) is 1.33. The summed E-state index contributed by atoms with van der Waals surface area (Å²) >= 11 is 0. The summed E-state index contributed by atoms with van der Waals surface area (Å²) in [5.74, 6) is 1.24. The van der Waals surface area contributed by atoms with Crippen LogP contribution in [-0.4, -0.2) is 11.1 Å². The van der Waals surface area contributed by atoms with Crippen LogP contribution in [-0.2, 0) is 0 Å². The van der Waals surface area contributed by atoms with E-state index < -0.39 is 0 Å². The molecule has 3 nitrogen and oxygen atoms in total. The van der Waals surface area contributed by atoms with Crippen LogP contribution in [0.4, 0.5) is 5.82 Å². The zero-order valence-electron chi connectivity index (χ0n) is 7.79. The number of nitrogens with two attached hydrogens (primary N) is 1. The monoisotopic (exact) mass is 178 g/mol. The average Bonchev–Trinajstić information content (AvgIpc) is 1.99. The molecule has 0 radical (unpaired) electrons. The van der Waals surface area contributed by atoms with Crippen molar-refractivity contribution in [3.63, 3.8) is 0 Å². The van der Waals surface area contributed by atoms with Gasteiger partial charge in [0.05, 0.1) is 6.10 Å². The summed E-state index contributed by atoms with van der Waals surface area (Å²) in [6, 6.07) is 3.82. The van der Waals surface area contributed by atoms with Crippen molar-refractivity contribution in [1.29, 1.82) is 0 Å². The van der Waals surface area contributed by atoms with Crippen LogP contribution >= 0.6 is 0 Å². The van der Waals surface area contributed by atoms with Crippen molar-refractivity contribution >= 4 is 5.82 Å². The molecule has 0 amide bonds. The third-order valence-corrected chi connectivity index (χ3v) is 2.37. The van der Waals surface area contributed by atoms with E-state index >= 15 is 0 Å². The van der Waals surface area contributed by atoms with E-state index in [9.17, 15) is 0 Å². The molecule has 0 unspecified atom stereocenters. The van der Waals surface area contributed by atoms with Crippen LogP contribution in [0.1, 0.15) is 25.0 Å². The lowest BCUT2D eigenvalue weighted by Gasteiger charge is -2.26. The zero-order chi connectivity index (χ0) is 9.26. The largest absolute Gasteiger partial charge is 0.487 e. The SMILES string of the molecule is Cc1ccc(OC2CCC2)c(N)n1. The number of hydrogen-bond donors (Lipinski definition) is 1. The molecule has 1 aliphatic rings. The van der Waals surface area contributed by atoms with Gasteiger partial charge in [-0.2, -0.15) is 0 Å². The van der Waals surface area contributed by atoms with Crippen molar-refractivity contribution < 1.29 is 4.74 Å². The van der Waals surface area contributed by atoms with E-state index in [2.05, 4.69) is 4.98 Å². The van der Waals surface area contributed by atoms with Crippen molar-refractivity contribution in [3.05, 3.63) is 17.8 Å². The maximum absolute atomic E-state index is 5.71. The van der Waals surface area contributed by atoms with Gasteiger partial charge in [-0.1, -0.05) is 0 Å². The van der Waals surface area contributed by atoms with Crippen molar-refractivity contribution in [2.24, 2.45) is 0 Å². The number of aromatic nitrogens is 1. The van der Waals surface area contributed by atoms with E-state index in [1.54, 1.807) is 0 Å². The van der Waals surface area contributed by atoms with Gasteiger partial charge in [-0.15, -0.1) is 0 Å². The molecule has 0 bridgehead atoms. The first-order valence-electron chi connectivity index (χ1n) is 4.65. The van der Waals surface area contributed by atoms with Crippen molar-refractivity contribution in [2.45, 2.75) is 32.3 Å². The highest BCUT2D eigenvalue weighted by atomic mass is 16.5. The number of nitrogens with zero attached hydrogens (tertiary/aromatic N) is 1. The van der Waals surface area contributed by atoms with E-state index in [1.165, 1.54) is 6.42 Å². The Morgan fingerprint density at radius 2 is 2.23 bits per heavy atom. The Balaban J connectivity index is 2.10. The molecular formula is C10H14N2O. The lowest BCUT2D eigenvalue weighted by atomic mass is 9.96. The minimum absolute atomic E-state index is 0.367. The molecule has 0 saturated heterocycles. The molecule has 13 heavy (non-hydrogen) atoms. The summed E-state index contributed by atoms with van der Waals surface area (Å²) in [5, 5.41) is 0. The molecule has 0 spiro atoms. The Bertz CT molecular complexity index is 308. The summed E-state index contributed by atoms with van der Waals surface area (Å²) in [6.45, 7) is 1.92. The van der Waals surface area contributed by atoms with Gasteiger partial charge < -0.3 is 10.5 Å². The molecule has 70 valence electrons. The minimum atomic E-state index is 0.367. The highest BCUT2D eigenvalue weighted by Crippen LogP contribution is 2.27. The van der Waals surface area contributed by atoms with Gasteiger partial charge in [0.25, 0.3) is 0 Å². The topological polar surface area (TPSA) is 48.1 Å². The molecule has 1 aliphatic carbocycles. The summed E-state index contributed by atoms with van der Waals surface area (Å²) in [5.41, 5.74) is 6.64. The quantitative estimate of drug-likeness (QED) is 0.752. The summed E-state index contributed by atoms with van der Waals surface area (Å²) < 4.78 is 5.65. The second-order valence-electron chi connectivity index (χ2n) is 3.51. The van der Waals surface area contributed by atoms with Gasteiger partial charge in [-0.05, 0) is 38.3 Å². The number of anilines is 1. The smallest absolute Gasteiger partial charge is 0.166 e. The second kappa shape index (κ2) is 3.24. The molecule has 1 heterocycles. The van der Waals surface area contributed by atoms with Crippen LogP contribution in [0.5, 0.6) is 5.75 Å². The Kier molecular flexibility index (Phi) is 2.08. The van der Waals surface area contributed by atoms with Gasteiger partial charge in [0.2, 0.25) is 0 Å². The number of hydrogen-bond acceptors (Lipinski definition) is 3. The average molecular weight is 178 g/mol. The third-order valence-electron chi connectivity index (χ3n) is 2.37. The van der Waals surface area contributed by atoms with Crippen LogP contribution < -0.4 is 10.5 Å². The molecule has 2 N–H and O–H groups in total. The van der Waals surface area contributed by atoms with Gasteiger partial charge in [-0.25, -0.2) is 4.98 Å². The lowest BCUT2D eigenvalue weighted by molar-refractivity contribution is 0.121.